The summed E-state index contributed by atoms with van der Waals surface area (Å²) < 4.78 is 7.19. The first kappa shape index (κ1) is 16.6. The van der Waals surface area contributed by atoms with Gasteiger partial charge in [-0.3, -0.25) is 4.99 Å². The monoisotopic (exact) mass is 280 g/mol. The smallest absolute Gasteiger partial charge is 0.191 e. The summed E-state index contributed by atoms with van der Waals surface area (Å²) in [6.07, 6.45) is 7.53. The van der Waals surface area contributed by atoms with Crippen LogP contribution in [0.15, 0.2) is 29.5 Å². The van der Waals surface area contributed by atoms with E-state index in [1.54, 1.807) is 7.11 Å². The molecule has 1 aromatic rings. The Morgan fingerprint density at radius 1 is 1.15 bits per heavy atom. The van der Waals surface area contributed by atoms with Crippen LogP contribution in [0.4, 0.5) is 0 Å². The standard InChI is InChI=1S/C15H28N4O/c1-3-16-15(17-9-5-4-8-14-20-2)18-10-13-19-11-6-7-12-19/h6-7,11-12H,3-5,8-10,13-14H2,1-2H3,(H2,16,17,18). The second-order valence-corrected chi connectivity index (χ2v) is 4.66. The molecule has 0 spiro atoms. The molecule has 0 radical (unpaired) electrons. The lowest BCUT2D eigenvalue weighted by molar-refractivity contribution is 0.192. The van der Waals surface area contributed by atoms with Gasteiger partial charge in [-0.2, -0.15) is 0 Å². The minimum atomic E-state index is 0.846. The summed E-state index contributed by atoms with van der Waals surface area (Å²) in [6.45, 7) is 6.51. The van der Waals surface area contributed by atoms with Gasteiger partial charge in [0.05, 0.1) is 0 Å². The van der Waals surface area contributed by atoms with Gasteiger partial charge < -0.3 is 19.9 Å². The molecule has 0 fully saturated rings. The molecule has 0 unspecified atom stereocenters. The van der Waals surface area contributed by atoms with Gasteiger partial charge in [-0.1, -0.05) is 0 Å². The van der Waals surface area contributed by atoms with E-state index < -0.39 is 0 Å². The summed E-state index contributed by atoms with van der Waals surface area (Å²) >= 11 is 0. The van der Waals surface area contributed by atoms with E-state index in [9.17, 15) is 0 Å². The maximum absolute atomic E-state index is 5.03. The topological polar surface area (TPSA) is 50.6 Å². The van der Waals surface area contributed by atoms with E-state index in [1.165, 1.54) is 6.42 Å². The number of aromatic nitrogens is 1. The lowest BCUT2D eigenvalue weighted by atomic mass is 10.2. The molecular weight excluding hydrogens is 252 g/mol. The summed E-state index contributed by atoms with van der Waals surface area (Å²) in [4.78, 5) is 4.57. The number of aliphatic imine (C=N–C) groups is 1. The predicted octanol–water partition coefficient (Wildman–Crippen LogP) is 1.86. The van der Waals surface area contributed by atoms with Crippen LogP contribution >= 0.6 is 0 Å². The number of nitrogens with zero attached hydrogens (tertiary/aromatic N) is 2. The molecule has 0 atom stereocenters. The third kappa shape index (κ3) is 7.84. The quantitative estimate of drug-likeness (QED) is 0.391. The molecule has 114 valence electrons. The van der Waals surface area contributed by atoms with Crippen LogP contribution in [0.2, 0.25) is 0 Å². The number of hydrogen-bond acceptors (Lipinski definition) is 2. The molecular formula is C15H28N4O. The third-order valence-electron chi connectivity index (χ3n) is 2.95. The van der Waals surface area contributed by atoms with Crippen molar-refractivity contribution in [3.05, 3.63) is 24.5 Å². The fraction of sp³-hybridized carbons (Fsp3) is 0.667. The van der Waals surface area contributed by atoms with E-state index in [2.05, 4.69) is 39.5 Å². The number of nitrogens with one attached hydrogen (secondary N) is 2. The number of unbranched alkanes of at least 4 members (excludes halogenated alkanes) is 2. The van der Waals surface area contributed by atoms with E-state index in [-0.39, 0.29) is 0 Å². The number of guanidine groups is 1. The van der Waals surface area contributed by atoms with Crippen molar-refractivity contribution >= 4 is 5.96 Å². The van der Waals surface area contributed by atoms with Crippen molar-refractivity contribution in [1.29, 1.82) is 0 Å². The zero-order chi connectivity index (χ0) is 14.5. The Balaban J connectivity index is 2.17. The average molecular weight is 280 g/mol. The van der Waals surface area contributed by atoms with Crippen molar-refractivity contribution in [3.8, 4) is 0 Å². The van der Waals surface area contributed by atoms with Crippen molar-refractivity contribution in [2.45, 2.75) is 32.7 Å². The number of hydrogen-bond donors (Lipinski definition) is 2. The van der Waals surface area contributed by atoms with Gasteiger partial charge in [0, 0.05) is 52.3 Å². The van der Waals surface area contributed by atoms with E-state index in [4.69, 9.17) is 4.74 Å². The molecule has 2 N–H and O–H groups in total. The summed E-state index contributed by atoms with van der Waals surface area (Å²) in [7, 11) is 1.75. The fourth-order valence-electron chi connectivity index (χ4n) is 1.89. The molecule has 0 aliphatic heterocycles. The molecule has 0 saturated heterocycles. The van der Waals surface area contributed by atoms with Gasteiger partial charge in [0.15, 0.2) is 5.96 Å². The second-order valence-electron chi connectivity index (χ2n) is 4.66. The Morgan fingerprint density at radius 2 is 1.95 bits per heavy atom. The van der Waals surface area contributed by atoms with Crippen LogP contribution in [-0.4, -0.2) is 43.9 Å². The fourth-order valence-corrected chi connectivity index (χ4v) is 1.89. The molecule has 0 saturated carbocycles. The van der Waals surface area contributed by atoms with Crippen LogP contribution in [0.3, 0.4) is 0 Å². The number of methoxy groups -OCH3 is 1. The van der Waals surface area contributed by atoms with Crippen LogP contribution in [0.1, 0.15) is 26.2 Å². The van der Waals surface area contributed by atoms with Crippen molar-refractivity contribution in [1.82, 2.24) is 15.2 Å². The summed E-state index contributed by atoms with van der Waals surface area (Å²) in [5, 5.41) is 6.62. The summed E-state index contributed by atoms with van der Waals surface area (Å²) in [6, 6.07) is 4.08. The Labute approximate surface area is 122 Å². The van der Waals surface area contributed by atoms with Crippen molar-refractivity contribution in [2.75, 3.05) is 33.4 Å². The maximum Gasteiger partial charge on any atom is 0.191 e. The number of rotatable bonds is 10. The lowest BCUT2D eigenvalue weighted by Gasteiger charge is -2.11. The van der Waals surface area contributed by atoms with E-state index in [1.807, 2.05) is 12.1 Å². The molecule has 5 heteroatoms. The first-order chi connectivity index (χ1) is 9.86. The minimum Gasteiger partial charge on any atom is -0.385 e. The normalized spacial score (nSPS) is 11.6. The van der Waals surface area contributed by atoms with Gasteiger partial charge in [-0.15, -0.1) is 0 Å². The van der Waals surface area contributed by atoms with Crippen LogP contribution in [0.25, 0.3) is 0 Å². The maximum atomic E-state index is 5.03. The molecule has 5 nitrogen and oxygen atoms in total. The highest BCUT2D eigenvalue weighted by Crippen LogP contribution is 1.95. The van der Waals surface area contributed by atoms with Crippen molar-refractivity contribution in [2.24, 2.45) is 4.99 Å². The highest BCUT2D eigenvalue weighted by Gasteiger charge is 1.96. The SMILES string of the molecule is CCNC(=NCCCCCOC)NCCn1cccc1. The average Bonchev–Trinajstić information content (AvgIpc) is 2.96. The van der Waals surface area contributed by atoms with Crippen molar-refractivity contribution in [3.63, 3.8) is 0 Å². The largest absolute Gasteiger partial charge is 0.385 e. The summed E-state index contributed by atoms with van der Waals surface area (Å²) in [5.74, 6) is 0.909. The lowest BCUT2D eigenvalue weighted by Crippen LogP contribution is -2.38. The summed E-state index contributed by atoms with van der Waals surface area (Å²) in [5.41, 5.74) is 0. The first-order valence-electron chi connectivity index (χ1n) is 7.48. The molecule has 0 aliphatic carbocycles. The van der Waals surface area contributed by atoms with Gasteiger partial charge in [-0.05, 0) is 38.3 Å². The minimum absolute atomic E-state index is 0.846. The molecule has 0 amide bonds. The highest BCUT2D eigenvalue weighted by atomic mass is 16.5. The van der Waals surface area contributed by atoms with Gasteiger partial charge in [0.1, 0.15) is 0 Å². The van der Waals surface area contributed by atoms with Crippen LogP contribution in [0, 0.1) is 0 Å². The highest BCUT2D eigenvalue weighted by molar-refractivity contribution is 5.79. The number of ether oxygens (including phenoxy) is 1. The van der Waals surface area contributed by atoms with Crippen LogP contribution < -0.4 is 10.6 Å². The Kier molecular flexibility index (Phi) is 9.40. The zero-order valence-corrected chi connectivity index (χ0v) is 12.8. The second kappa shape index (κ2) is 11.3. The Morgan fingerprint density at radius 3 is 2.65 bits per heavy atom. The predicted molar refractivity (Wildman–Crippen MR) is 84.1 cm³/mol. The molecule has 1 rings (SSSR count). The van der Waals surface area contributed by atoms with E-state index in [0.717, 1.165) is 51.6 Å². The van der Waals surface area contributed by atoms with E-state index >= 15 is 0 Å². The Bertz CT molecular complexity index is 349. The molecule has 1 heterocycles. The molecule has 0 aliphatic rings. The molecule has 20 heavy (non-hydrogen) atoms. The molecule has 0 aromatic carbocycles. The molecule has 1 aromatic heterocycles. The van der Waals surface area contributed by atoms with Crippen LogP contribution in [0.5, 0.6) is 0 Å². The zero-order valence-electron chi connectivity index (χ0n) is 12.8. The van der Waals surface area contributed by atoms with Gasteiger partial charge in [0.25, 0.3) is 0 Å². The van der Waals surface area contributed by atoms with Gasteiger partial charge in [-0.25, -0.2) is 0 Å². The third-order valence-corrected chi connectivity index (χ3v) is 2.95. The molecule has 0 bridgehead atoms. The van der Waals surface area contributed by atoms with E-state index in [0.29, 0.717) is 0 Å². The van der Waals surface area contributed by atoms with Crippen molar-refractivity contribution < 1.29 is 4.74 Å². The van der Waals surface area contributed by atoms with Gasteiger partial charge >= 0.3 is 0 Å². The van der Waals surface area contributed by atoms with Gasteiger partial charge in [0.2, 0.25) is 0 Å². The first-order valence-corrected chi connectivity index (χ1v) is 7.48. The Hall–Kier alpha value is -1.49. The van der Waals surface area contributed by atoms with Crippen LogP contribution in [-0.2, 0) is 11.3 Å².